The average molecular weight is 386 g/mol. The third-order valence-electron chi connectivity index (χ3n) is 5.86. The molecule has 3 rings (SSSR count). The molecule has 0 unspecified atom stereocenters. The van der Waals surface area contributed by atoms with Crippen LogP contribution in [0.4, 0.5) is 11.4 Å². The van der Waals surface area contributed by atoms with Gasteiger partial charge in [0.05, 0.1) is 5.56 Å². The van der Waals surface area contributed by atoms with E-state index in [0.717, 1.165) is 68.8 Å². The third-order valence-corrected chi connectivity index (χ3v) is 5.86. The van der Waals surface area contributed by atoms with Gasteiger partial charge in [-0.2, -0.15) is 0 Å². The number of amides is 2. The summed E-state index contributed by atoms with van der Waals surface area (Å²) >= 11 is 0. The fourth-order valence-corrected chi connectivity index (χ4v) is 4.22. The summed E-state index contributed by atoms with van der Waals surface area (Å²) in [4.78, 5) is 29.7. The van der Waals surface area contributed by atoms with Gasteiger partial charge in [0.1, 0.15) is 0 Å². The van der Waals surface area contributed by atoms with Crippen LogP contribution in [0.25, 0.3) is 0 Å². The van der Waals surface area contributed by atoms with Gasteiger partial charge in [-0.3, -0.25) is 9.59 Å². The first-order valence-electron chi connectivity index (χ1n) is 11.2. The summed E-state index contributed by atoms with van der Waals surface area (Å²) in [6.07, 6.45) is 10.7. The van der Waals surface area contributed by atoms with Crippen molar-refractivity contribution in [3.8, 4) is 0 Å². The normalized spacial score (nSPS) is 16.6. The van der Waals surface area contributed by atoms with E-state index in [1.165, 1.54) is 32.1 Å². The van der Waals surface area contributed by atoms with Gasteiger partial charge in [-0.05, 0) is 50.3 Å². The molecule has 0 bridgehead atoms. The molecule has 0 atom stereocenters. The van der Waals surface area contributed by atoms with Crippen LogP contribution in [-0.4, -0.2) is 42.9 Å². The number of anilines is 2. The van der Waals surface area contributed by atoms with Crippen molar-refractivity contribution in [2.45, 2.75) is 71.1 Å². The monoisotopic (exact) mass is 385 g/mol. The molecule has 2 aliphatic heterocycles. The molecule has 0 radical (unpaired) electrons. The topological polar surface area (TPSA) is 52.7 Å². The number of likely N-dealkylation sites (tertiary alicyclic amines) is 1. The Bertz CT molecular complexity index is 662. The van der Waals surface area contributed by atoms with Crippen LogP contribution in [0.1, 0.15) is 81.5 Å². The van der Waals surface area contributed by atoms with Crippen LogP contribution in [0.15, 0.2) is 18.2 Å². The molecule has 2 heterocycles. The lowest BCUT2D eigenvalue weighted by molar-refractivity contribution is -0.116. The lowest BCUT2D eigenvalue weighted by Crippen LogP contribution is -2.30. The smallest absolute Gasteiger partial charge is 0.256 e. The van der Waals surface area contributed by atoms with Gasteiger partial charge in [-0.25, -0.2) is 0 Å². The molecular weight excluding hydrogens is 350 g/mol. The predicted molar refractivity (Wildman–Crippen MR) is 115 cm³/mol. The Morgan fingerprint density at radius 1 is 0.929 bits per heavy atom. The van der Waals surface area contributed by atoms with E-state index >= 15 is 0 Å². The van der Waals surface area contributed by atoms with Gasteiger partial charge in [0, 0.05) is 44.0 Å². The number of hydrogen-bond acceptors (Lipinski definition) is 3. The minimum Gasteiger partial charge on any atom is -0.371 e. The summed E-state index contributed by atoms with van der Waals surface area (Å²) < 4.78 is 0. The number of benzene rings is 1. The van der Waals surface area contributed by atoms with Crippen LogP contribution in [0.2, 0.25) is 0 Å². The largest absolute Gasteiger partial charge is 0.371 e. The number of carbonyl (C=O) groups excluding carboxylic acids is 2. The molecule has 2 amide bonds. The standard InChI is InChI=1S/C23H35N3O2/c1-2-3-4-5-6-11-22(27)24-19-12-13-21(25-14-7-8-15-25)20(18-19)23(28)26-16-9-10-17-26/h12-13,18H,2-11,14-17H2,1H3,(H,24,27). The highest BCUT2D eigenvalue weighted by molar-refractivity contribution is 6.02. The maximum Gasteiger partial charge on any atom is 0.256 e. The van der Waals surface area contributed by atoms with Gasteiger partial charge in [0.2, 0.25) is 5.91 Å². The van der Waals surface area contributed by atoms with Gasteiger partial charge in [0.25, 0.3) is 5.91 Å². The van der Waals surface area contributed by atoms with Crippen molar-refractivity contribution < 1.29 is 9.59 Å². The second-order valence-corrected chi connectivity index (χ2v) is 8.14. The highest BCUT2D eigenvalue weighted by Gasteiger charge is 2.25. The zero-order valence-corrected chi connectivity index (χ0v) is 17.3. The van der Waals surface area contributed by atoms with Crippen molar-refractivity contribution in [2.75, 3.05) is 36.4 Å². The maximum atomic E-state index is 13.1. The molecule has 0 spiro atoms. The third kappa shape index (κ3) is 5.49. The molecular formula is C23H35N3O2. The Hall–Kier alpha value is -2.04. The van der Waals surface area contributed by atoms with Gasteiger partial charge in [0.15, 0.2) is 0 Å². The van der Waals surface area contributed by atoms with Gasteiger partial charge < -0.3 is 15.1 Å². The molecule has 0 aliphatic carbocycles. The first-order chi connectivity index (χ1) is 13.7. The van der Waals surface area contributed by atoms with Crippen LogP contribution >= 0.6 is 0 Å². The lowest BCUT2D eigenvalue weighted by atomic mass is 10.1. The second-order valence-electron chi connectivity index (χ2n) is 8.14. The molecule has 1 aromatic carbocycles. The van der Waals surface area contributed by atoms with Crippen molar-refractivity contribution in [2.24, 2.45) is 0 Å². The summed E-state index contributed by atoms with van der Waals surface area (Å²) in [5.74, 6) is 0.153. The molecule has 5 heteroatoms. The van der Waals surface area contributed by atoms with E-state index in [4.69, 9.17) is 0 Å². The van der Waals surface area contributed by atoms with E-state index in [9.17, 15) is 9.59 Å². The Labute approximate surface area is 169 Å². The molecule has 0 aromatic heterocycles. The second kappa shape index (κ2) is 10.5. The van der Waals surface area contributed by atoms with Crippen molar-refractivity contribution >= 4 is 23.2 Å². The Balaban J connectivity index is 1.67. The highest BCUT2D eigenvalue weighted by Crippen LogP contribution is 2.29. The van der Waals surface area contributed by atoms with Crippen LogP contribution < -0.4 is 10.2 Å². The number of hydrogen-bond donors (Lipinski definition) is 1. The average Bonchev–Trinajstić information content (AvgIpc) is 3.41. The number of rotatable bonds is 9. The molecule has 2 aliphatic rings. The van der Waals surface area contributed by atoms with Crippen molar-refractivity contribution in [1.29, 1.82) is 0 Å². The fourth-order valence-electron chi connectivity index (χ4n) is 4.22. The molecule has 2 saturated heterocycles. The summed E-state index contributed by atoms with van der Waals surface area (Å²) in [6, 6.07) is 5.86. The van der Waals surface area contributed by atoms with Crippen LogP contribution in [0, 0.1) is 0 Å². The molecule has 5 nitrogen and oxygen atoms in total. The van der Waals surface area contributed by atoms with E-state index in [2.05, 4.69) is 17.1 Å². The SMILES string of the molecule is CCCCCCCC(=O)Nc1ccc(N2CCCC2)c(C(=O)N2CCCC2)c1. The van der Waals surface area contributed by atoms with E-state index in [1.807, 2.05) is 23.1 Å². The van der Waals surface area contributed by atoms with E-state index < -0.39 is 0 Å². The lowest BCUT2D eigenvalue weighted by Gasteiger charge is -2.24. The molecule has 154 valence electrons. The van der Waals surface area contributed by atoms with Crippen LogP contribution in [0.3, 0.4) is 0 Å². The summed E-state index contributed by atoms with van der Waals surface area (Å²) in [7, 11) is 0. The fraction of sp³-hybridized carbons (Fsp3) is 0.652. The highest BCUT2D eigenvalue weighted by atomic mass is 16.2. The molecule has 1 aromatic rings. The maximum absolute atomic E-state index is 13.1. The molecule has 28 heavy (non-hydrogen) atoms. The summed E-state index contributed by atoms with van der Waals surface area (Å²) in [5.41, 5.74) is 2.50. The Morgan fingerprint density at radius 2 is 1.61 bits per heavy atom. The van der Waals surface area contributed by atoms with Gasteiger partial charge in [-0.1, -0.05) is 32.6 Å². The van der Waals surface area contributed by atoms with Crippen LogP contribution in [0.5, 0.6) is 0 Å². The molecule has 1 N–H and O–H groups in total. The Kier molecular flexibility index (Phi) is 7.75. The zero-order chi connectivity index (χ0) is 19.8. The van der Waals surface area contributed by atoms with Gasteiger partial charge in [-0.15, -0.1) is 0 Å². The van der Waals surface area contributed by atoms with Crippen LogP contribution in [-0.2, 0) is 4.79 Å². The molecule has 2 fully saturated rings. The van der Waals surface area contributed by atoms with E-state index in [0.29, 0.717) is 6.42 Å². The van der Waals surface area contributed by atoms with E-state index in [-0.39, 0.29) is 11.8 Å². The summed E-state index contributed by atoms with van der Waals surface area (Å²) in [6.45, 7) is 5.88. The number of nitrogens with zero attached hydrogens (tertiary/aromatic N) is 2. The van der Waals surface area contributed by atoms with Crippen molar-refractivity contribution in [1.82, 2.24) is 4.90 Å². The quantitative estimate of drug-likeness (QED) is 0.620. The van der Waals surface area contributed by atoms with E-state index in [1.54, 1.807) is 0 Å². The molecule has 0 saturated carbocycles. The van der Waals surface area contributed by atoms with Gasteiger partial charge >= 0.3 is 0 Å². The van der Waals surface area contributed by atoms with Crippen molar-refractivity contribution in [3.63, 3.8) is 0 Å². The van der Waals surface area contributed by atoms with Crippen molar-refractivity contribution in [3.05, 3.63) is 23.8 Å². The first kappa shape index (κ1) is 20.7. The zero-order valence-electron chi connectivity index (χ0n) is 17.3. The number of unbranched alkanes of at least 4 members (excludes halogenated alkanes) is 4. The number of carbonyl (C=O) groups is 2. The number of nitrogens with one attached hydrogen (secondary N) is 1. The minimum atomic E-state index is 0.0463. The first-order valence-corrected chi connectivity index (χ1v) is 11.2. The summed E-state index contributed by atoms with van der Waals surface area (Å²) in [5, 5.41) is 3.01. The minimum absolute atomic E-state index is 0.0463. The Morgan fingerprint density at radius 3 is 2.32 bits per heavy atom. The predicted octanol–water partition coefficient (Wildman–Crippen LogP) is 4.82.